The Kier molecular flexibility index (Phi) is 8.23. The molecule has 2 amide bonds. The third-order valence-electron chi connectivity index (χ3n) is 7.68. The Labute approximate surface area is 184 Å². The molecule has 30 heavy (non-hydrogen) atoms. The number of piperidine rings is 1. The molecule has 5 heteroatoms. The van der Waals surface area contributed by atoms with Crippen LogP contribution in [0.25, 0.3) is 0 Å². The fraction of sp³-hybridized carbons (Fsp3) is 0.920. The average Bonchev–Trinajstić information content (AvgIpc) is 2.74. The van der Waals surface area contributed by atoms with Crippen molar-refractivity contribution >= 4 is 11.8 Å². The molecule has 2 saturated heterocycles. The molecular formula is C25H45N3O2. The molecule has 5 nitrogen and oxygen atoms in total. The zero-order valence-corrected chi connectivity index (χ0v) is 20.0. The molecule has 0 unspecified atom stereocenters. The van der Waals surface area contributed by atoms with Crippen LogP contribution in [0.4, 0.5) is 0 Å². The van der Waals surface area contributed by atoms with E-state index < -0.39 is 0 Å². The maximum absolute atomic E-state index is 12.8. The number of rotatable bonds is 5. The predicted octanol–water partition coefficient (Wildman–Crippen LogP) is 4.02. The first-order valence-electron chi connectivity index (χ1n) is 12.5. The molecule has 3 fully saturated rings. The lowest BCUT2D eigenvalue weighted by molar-refractivity contribution is -0.141. The smallest absolute Gasteiger partial charge is 0.227 e. The number of piperazine rings is 1. The standard InChI is InChI=1S/C25H45N3O2/c1-20-7-9-22(10-8-20)23(29)27-18-16-26(17-19-27)13-5-6-21-11-14-28(15-12-21)24(30)25(2,3)4/h20-22H,5-19H2,1-4H3. The van der Waals surface area contributed by atoms with E-state index in [1.807, 2.05) is 20.8 Å². The van der Waals surface area contributed by atoms with Crippen molar-refractivity contribution in [3.05, 3.63) is 0 Å². The first-order valence-corrected chi connectivity index (χ1v) is 12.5. The Morgan fingerprint density at radius 2 is 1.40 bits per heavy atom. The normalized spacial score (nSPS) is 27.3. The van der Waals surface area contributed by atoms with Crippen LogP contribution in [-0.2, 0) is 9.59 Å². The van der Waals surface area contributed by atoms with Gasteiger partial charge in [-0.3, -0.25) is 14.5 Å². The summed E-state index contributed by atoms with van der Waals surface area (Å²) in [5, 5.41) is 0. The van der Waals surface area contributed by atoms with Crippen molar-refractivity contribution in [2.24, 2.45) is 23.2 Å². The number of carbonyl (C=O) groups excluding carboxylic acids is 2. The summed E-state index contributed by atoms with van der Waals surface area (Å²) in [6.45, 7) is 15.3. The zero-order chi connectivity index (χ0) is 21.7. The second-order valence-electron chi connectivity index (χ2n) is 11.3. The molecule has 1 aliphatic carbocycles. The van der Waals surface area contributed by atoms with Crippen LogP contribution in [0.2, 0.25) is 0 Å². The van der Waals surface area contributed by atoms with Gasteiger partial charge in [-0.1, -0.05) is 27.7 Å². The van der Waals surface area contributed by atoms with E-state index in [0.717, 1.165) is 83.3 Å². The summed E-state index contributed by atoms with van der Waals surface area (Å²) < 4.78 is 0. The molecule has 0 aromatic heterocycles. The lowest BCUT2D eigenvalue weighted by Crippen LogP contribution is -2.50. The molecule has 2 aliphatic heterocycles. The summed E-state index contributed by atoms with van der Waals surface area (Å²) in [4.78, 5) is 32.0. The first kappa shape index (κ1) is 23.6. The molecule has 3 aliphatic rings. The SMILES string of the molecule is CC1CCC(C(=O)N2CCN(CCCC3CCN(C(=O)C(C)(C)C)CC3)CC2)CC1. The van der Waals surface area contributed by atoms with Crippen LogP contribution in [0, 0.1) is 23.2 Å². The van der Waals surface area contributed by atoms with Crippen molar-refractivity contribution < 1.29 is 9.59 Å². The second-order valence-corrected chi connectivity index (χ2v) is 11.3. The summed E-state index contributed by atoms with van der Waals surface area (Å²) in [6.07, 6.45) is 9.47. The van der Waals surface area contributed by atoms with Gasteiger partial charge in [-0.2, -0.15) is 0 Å². The molecular weight excluding hydrogens is 374 g/mol. The van der Waals surface area contributed by atoms with Gasteiger partial charge in [0.1, 0.15) is 0 Å². The maximum Gasteiger partial charge on any atom is 0.227 e. The van der Waals surface area contributed by atoms with Gasteiger partial charge in [-0.25, -0.2) is 0 Å². The Morgan fingerprint density at radius 3 is 1.97 bits per heavy atom. The summed E-state index contributed by atoms with van der Waals surface area (Å²) in [7, 11) is 0. The highest BCUT2D eigenvalue weighted by Crippen LogP contribution is 2.30. The van der Waals surface area contributed by atoms with Gasteiger partial charge >= 0.3 is 0 Å². The Hall–Kier alpha value is -1.10. The molecule has 2 heterocycles. The van der Waals surface area contributed by atoms with Crippen LogP contribution in [0.15, 0.2) is 0 Å². The Balaban J connectivity index is 1.29. The van der Waals surface area contributed by atoms with Gasteiger partial charge in [0.25, 0.3) is 0 Å². The minimum atomic E-state index is -0.258. The van der Waals surface area contributed by atoms with Crippen LogP contribution in [-0.4, -0.2) is 72.3 Å². The van der Waals surface area contributed by atoms with Gasteiger partial charge in [-0.05, 0) is 69.7 Å². The predicted molar refractivity (Wildman–Crippen MR) is 122 cm³/mol. The molecule has 1 saturated carbocycles. The summed E-state index contributed by atoms with van der Waals surface area (Å²) >= 11 is 0. The van der Waals surface area contributed by atoms with E-state index in [-0.39, 0.29) is 5.41 Å². The van der Waals surface area contributed by atoms with Crippen molar-refractivity contribution in [3.8, 4) is 0 Å². The number of nitrogens with zero attached hydrogens (tertiary/aromatic N) is 3. The molecule has 3 rings (SSSR count). The lowest BCUT2D eigenvalue weighted by Gasteiger charge is -2.38. The monoisotopic (exact) mass is 419 g/mol. The van der Waals surface area contributed by atoms with Crippen molar-refractivity contribution in [2.45, 2.75) is 79.1 Å². The van der Waals surface area contributed by atoms with Gasteiger partial charge in [0.15, 0.2) is 0 Å². The quantitative estimate of drug-likeness (QED) is 0.676. The fourth-order valence-corrected chi connectivity index (χ4v) is 5.46. The number of hydrogen-bond donors (Lipinski definition) is 0. The van der Waals surface area contributed by atoms with Gasteiger partial charge < -0.3 is 9.80 Å². The zero-order valence-electron chi connectivity index (χ0n) is 20.0. The van der Waals surface area contributed by atoms with Crippen molar-refractivity contribution in [1.82, 2.24) is 14.7 Å². The third-order valence-corrected chi connectivity index (χ3v) is 7.68. The molecule has 0 aromatic rings. The van der Waals surface area contributed by atoms with Crippen molar-refractivity contribution in [3.63, 3.8) is 0 Å². The molecule has 0 atom stereocenters. The van der Waals surface area contributed by atoms with Crippen LogP contribution < -0.4 is 0 Å². The van der Waals surface area contributed by atoms with Crippen LogP contribution in [0.3, 0.4) is 0 Å². The van der Waals surface area contributed by atoms with Gasteiger partial charge in [0.05, 0.1) is 0 Å². The van der Waals surface area contributed by atoms with E-state index in [9.17, 15) is 9.59 Å². The van der Waals surface area contributed by atoms with Crippen LogP contribution in [0.5, 0.6) is 0 Å². The highest BCUT2D eigenvalue weighted by atomic mass is 16.2. The maximum atomic E-state index is 12.8. The summed E-state index contributed by atoms with van der Waals surface area (Å²) in [5.41, 5.74) is -0.258. The number of hydrogen-bond acceptors (Lipinski definition) is 3. The topological polar surface area (TPSA) is 43.9 Å². The molecule has 0 N–H and O–H groups in total. The van der Waals surface area contributed by atoms with E-state index in [4.69, 9.17) is 0 Å². The molecule has 0 spiro atoms. The minimum Gasteiger partial charge on any atom is -0.342 e. The second kappa shape index (κ2) is 10.5. The molecule has 0 aromatic carbocycles. The van der Waals surface area contributed by atoms with E-state index in [1.165, 1.54) is 25.7 Å². The van der Waals surface area contributed by atoms with E-state index in [0.29, 0.717) is 17.7 Å². The molecule has 0 bridgehead atoms. The van der Waals surface area contributed by atoms with Gasteiger partial charge in [0, 0.05) is 50.6 Å². The third kappa shape index (κ3) is 6.45. The first-order chi connectivity index (χ1) is 14.2. The highest BCUT2D eigenvalue weighted by molar-refractivity contribution is 5.81. The highest BCUT2D eigenvalue weighted by Gasteiger charge is 2.31. The van der Waals surface area contributed by atoms with Crippen molar-refractivity contribution in [2.75, 3.05) is 45.8 Å². The van der Waals surface area contributed by atoms with E-state index >= 15 is 0 Å². The van der Waals surface area contributed by atoms with Crippen LogP contribution in [0.1, 0.15) is 79.1 Å². The van der Waals surface area contributed by atoms with Gasteiger partial charge in [-0.15, -0.1) is 0 Å². The van der Waals surface area contributed by atoms with Gasteiger partial charge in [0.2, 0.25) is 11.8 Å². The fourth-order valence-electron chi connectivity index (χ4n) is 5.46. The number of carbonyl (C=O) groups is 2. The van der Waals surface area contributed by atoms with Crippen molar-refractivity contribution in [1.29, 1.82) is 0 Å². The minimum absolute atomic E-state index is 0.258. The summed E-state index contributed by atoms with van der Waals surface area (Å²) in [6, 6.07) is 0. The Bertz CT molecular complexity index is 561. The lowest BCUT2D eigenvalue weighted by atomic mass is 9.82. The average molecular weight is 420 g/mol. The summed E-state index contributed by atoms with van der Waals surface area (Å²) in [5.74, 6) is 2.60. The Morgan fingerprint density at radius 1 is 0.800 bits per heavy atom. The molecule has 172 valence electrons. The largest absolute Gasteiger partial charge is 0.342 e. The van der Waals surface area contributed by atoms with E-state index in [2.05, 4.69) is 21.6 Å². The van der Waals surface area contributed by atoms with E-state index in [1.54, 1.807) is 0 Å². The number of likely N-dealkylation sites (tertiary alicyclic amines) is 1. The molecule has 0 radical (unpaired) electrons. The number of amides is 2. The van der Waals surface area contributed by atoms with Crippen LogP contribution >= 0.6 is 0 Å².